The van der Waals surface area contributed by atoms with E-state index in [0.29, 0.717) is 30.1 Å². The Bertz CT molecular complexity index is 1070. The van der Waals surface area contributed by atoms with Crippen LogP contribution < -0.4 is 10.6 Å². The minimum absolute atomic E-state index is 0.227. The van der Waals surface area contributed by atoms with Crippen molar-refractivity contribution in [2.24, 2.45) is 5.92 Å². The average molecular weight is 421 g/mol. The highest BCUT2D eigenvalue weighted by molar-refractivity contribution is 6.04. The third-order valence-electron chi connectivity index (χ3n) is 4.54. The van der Waals surface area contributed by atoms with Crippen molar-refractivity contribution in [3.63, 3.8) is 0 Å². The van der Waals surface area contributed by atoms with Gasteiger partial charge in [-0.05, 0) is 61.7 Å². The van der Waals surface area contributed by atoms with Crippen molar-refractivity contribution in [3.05, 3.63) is 77.1 Å². The number of carbonyl (C=O) groups excluding carboxylic acids is 2. The van der Waals surface area contributed by atoms with Gasteiger partial charge < -0.3 is 10.1 Å². The Balaban J connectivity index is 1.65. The van der Waals surface area contributed by atoms with Crippen LogP contribution in [0, 0.1) is 19.8 Å². The van der Waals surface area contributed by atoms with Gasteiger partial charge in [0, 0.05) is 22.6 Å². The Hall–Kier alpha value is -3.61. The zero-order valence-corrected chi connectivity index (χ0v) is 18.3. The molecule has 0 aliphatic carbocycles. The molecular weight excluding hydrogens is 392 g/mol. The molecule has 0 aliphatic rings. The maximum absolute atomic E-state index is 12.8. The molecule has 0 saturated carbocycles. The monoisotopic (exact) mass is 420 g/mol. The van der Waals surface area contributed by atoms with Crippen molar-refractivity contribution in [2.45, 2.75) is 34.2 Å². The molecular formula is C24H28N4O3. The number of hydrogen-bond donors (Lipinski definition) is 2. The van der Waals surface area contributed by atoms with Gasteiger partial charge in [-0.2, -0.15) is 5.10 Å². The van der Waals surface area contributed by atoms with Gasteiger partial charge in [0.2, 0.25) is 0 Å². The molecule has 0 fully saturated rings. The molecule has 3 aromatic rings. The number of carbonyl (C=O) groups is 2. The summed E-state index contributed by atoms with van der Waals surface area (Å²) < 4.78 is 7.04. The first kappa shape index (κ1) is 22.1. The largest absolute Gasteiger partial charge is 0.449 e. The fourth-order valence-electron chi connectivity index (χ4n) is 3.09. The smallest absolute Gasteiger partial charge is 0.411 e. The zero-order valence-electron chi connectivity index (χ0n) is 18.3. The van der Waals surface area contributed by atoms with E-state index in [9.17, 15) is 9.59 Å². The second kappa shape index (κ2) is 9.93. The highest BCUT2D eigenvalue weighted by Crippen LogP contribution is 2.17. The number of rotatable bonds is 7. The van der Waals surface area contributed by atoms with E-state index in [1.54, 1.807) is 30.3 Å². The predicted molar refractivity (Wildman–Crippen MR) is 121 cm³/mol. The van der Waals surface area contributed by atoms with Crippen molar-refractivity contribution in [1.29, 1.82) is 0 Å². The van der Waals surface area contributed by atoms with E-state index in [-0.39, 0.29) is 11.8 Å². The van der Waals surface area contributed by atoms with Crippen molar-refractivity contribution in [3.8, 4) is 0 Å². The second-order valence-electron chi connectivity index (χ2n) is 7.94. The van der Waals surface area contributed by atoms with Crippen LogP contribution in [0.5, 0.6) is 0 Å². The standard InChI is InChI=1S/C24H28N4O3/c1-16(2)15-31-24(30)26-22-10-6-9-21(13-22)25-23(29)20-8-5-7-19(12-20)14-28-18(4)11-17(3)27-28/h5-13,16H,14-15H2,1-4H3,(H,25,29)(H,26,30). The molecule has 2 N–H and O–H groups in total. The van der Waals surface area contributed by atoms with Gasteiger partial charge in [0.15, 0.2) is 0 Å². The molecule has 7 heteroatoms. The molecule has 1 heterocycles. The predicted octanol–water partition coefficient (Wildman–Crippen LogP) is 5.01. The lowest BCUT2D eigenvalue weighted by molar-refractivity contribution is 0.102. The minimum atomic E-state index is -0.519. The minimum Gasteiger partial charge on any atom is -0.449 e. The van der Waals surface area contributed by atoms with Crippen LogP contribution in [0.3, 0.4) is 0 Å². The van der Waals surface area contributed by atoms with Gasteiger partial charge in [-0.25, -0.2) is 4.79 Å². The van der Waals surface area contributed by atoms with Crippen LogP contribution in [0.15, 0.2) is 54.6 Å². The number of aromatic nitrogens is 2. The first-order chi connectivity index (χ1) is 14.8. The number of nitrogens with zero attached hydrogens (tertiary/aromatic N) is 2. The fourth-order valence-corrected chi connectivity index (χ4v) is 3.09. The van der Waals surface area contributed by atoms with Gasteiger partial charge in [-0.1, -0.05) is 32.0 Å². The summed E-state index contributed by atoms with van der Waals surface area (Å²) in [5.41, 5.74) is 4.70. The Morgan fingerprint density at radius 2 is 1.71 bits per heavy atom. The number of benzene rings is 2. The van der Waals surface area contributed by atoms with Crippen molar-refractivity contribution >= 4 is 23.4 Å². The van der Waals surface area contributed by atoms with Gasteiger partial charge >= 0.3 is 6.09 Å². The highest BCUT2D eigenvalue weighted by Gasteiger charge is 2.10. The van der Waals surface area contributed by atoms with E-state index >= 15 is 0 Å². The Kier molecular flexibility index (Phi) is 7.07. The SMILES string of the molecule is Cc1cc(C)n(Cc2cccc(C(=O)Nc3cccc(NC(=O)OCC(C)C)c3)c2)n1. The summed E-state index contributed by atoms with van der Waals surface area (Å²) in [5.74, 6) is 0.0307. The maximum atomic E-state index is 12.8. The number of nitrogens with one attached hydrogen (secondary N) is 2. The van der Waals surface area contributed by atoms with E-state index in [4.69, 9.17) is 4.74 Å². The number of aryl methyl sites for hydroxylation is 2. The number of anilines is 2. The number of hydrogen-bond acceptors (Lipinski definition) is 4. The molecule has 31 heavy (non-hydrogen) atoms. The molecule has 7 nitrogen and oxygen atoms in total. The van der Waals surface area contributed by atoms with Crippen LogP contribution in [-0.2, 0) is 11.3 Å². The molecule has 0 radical (unpaired) electrons. The Morgan fingerprint density at radius 1 is 1.00 bits per heavy atom. The number of ether oxygens (including phenoxy) is 1. The summed E-state index contributed by atoms with van der Waals surface area (Å²) >= 11 is 0. The third kappa shape index (κ3) is 6.44. The molecule has 0 saturated heterocycles. The van der Waals surface area contributed by atoms with Crippen LogP contribution in [0.25, 0.3) is 0 Å². The lowest BCUT2D eigenvalue weighted by Gasteiger charge is -2.11. The first-order valence-electron chi connectivity index (χ1n) is 10.3. The van der Waals surface area contributed by atoms with Crippen molar-refractivity contribution in [1.82, 2.24) is 9.78 Å². The topological polar surface area (TPSA) is 85.2 Å². The Labute approximate surface area is 182 Å². The zero-order chi connectivity index (χ0) is 22.4. The lowest BCUT2D eigenvalue weighted by atomic mass is 10.1. The quantitative estimate of drug-likeness (QED) is 0.563. The molecule has 3 rings (SSSR count). The number of amides is 2. The lowest BCUT2D eigenvalue weighted by Crippen LogP contribution is -2.17. The summed E-state index contributed by atoms with van der Waals surface area (Å²) in [6, 6.07) is 16.4. The molecule has 0 atom stereocenters. The molecule has 2 aromatic carbocycles. The van der Waals surface area contributed by atoms with Gasteiger partial charge in [-0.15, -0.1) is 0 Å². The van der Waals surface area contributed by atoms with E-state index in [0.717, 1.165) is 17.0 Å². The van der Waals surface area contributed by atoms with Gasteiger partial charge in [0.05, 0.1) is 18.8 Å². The second-order valence-corrected chi connectivity index (χ2v) is 7.94. The van der Waals surface area contributed by atoms with Gasteiger partial charge in [0.1, 0.15) is 0 Å². The molecule has 0 aliphatic heterocycles. The average Bonchev–Trinajstić information content (AvgIpc) is 3.03. The molecule has 0 bridgehead atoms. The Morgan fingerprint density at radius 3 is 2.39 bits per heavy atom. The molecule has 1 aromatic heterocycles. The third-order valence-corrected chi connectivity index (χ3v) is 4.54. The van der Waals surface area contributed by atoms with Gasteiger partial charge in [0.25, 0.3) is 5.91 Å². The fraction of sp³-hybridized carbons (Fsp3) is 0.292. The van der Waals surface area contributed by atoms with E-state index in [1.807, 2.05) is 56.6 Å². The van der Waals surface area contributed by atoms with Crippen LogP contribution in [-0.4, -0.2) is 28.4 Å². The maximum Gasteiger partial charge on any atom is 0.411 e. The summed E-state index contributed by atoms with van der Waals surface area (Å²) in [5, 5.41) is 10.0. The van der Waals surface area contributed by atoms with Crippen LogP contribution in [0.1, 0.15) is 41.2 Å². The van der Waals surface area contributed by atoms with E-state index in [2.05, 4.69) is 15.7 Å². The van der Waals surface area contributed by atoms with Gasteiger partial charge in [-0.3, -0.25) is 14.8 Å². The van der Waals surface area contributed by atoms with Crippen molar-refractivity contribution in [2.75, 3.05) is 17.2 Å². The summed E-state index contributed by atoms with van der Waals surface area (Å²) in [7, 11) is 0. The van der Waals surface area contributed by atoms with Crippen LogP contribution in [0.2, 0.25) is 0 Å². The van der Waals surface area contributed by atoms with Crippen LogP contribution in [0.4, 0.5) is 16.2 Å². The molecule has 0 unspecified atom stereocenters. The molecule has 2 amide bonds. The van der Waals surface area contributed by atoms with E-state index in [1.165, 1.54) is 0 Å². The normalized spacial score (nSPS) is 10.7. The van der Waals surface area contributed by atoms with Crippen molar-refractivity contribution < 1.29 is 14.3 Å². The highest BCUT2D eigenvalue weighted by atomic mass is 16.5. The molecule has 0 spiro atoms. The first-order valence-corrected chi connectivity index (χ1v) is 10.3. The van der Waals surface area contributed by atoms with E-state index < -0.39 is 6.09 Å². The summed E-state index contributed by atoms with van der Waals surface area (Å²) in [4.78, 5) is 24.6. The van der Waals surface area contributed by atoms with Crippen LogP contribution >= 0.6 is 0 Å². The summed E-state index contributed by atoms with van der Waals surface area (Å²) in [6.07, 6.45) is -0.519. The molecule has 162 valence electrons. The summed E-state index contributed by atoms with van der Waals surface area (Å²) in [6.45, 7) is 8.84.